The Morgan fingerprint density at radius 1 is 1.20 bits per heavy atom. The second kappa shape index (κ2) is 6.67. The van der Waals surface area contributed by atoms with Gasteiger partial charge in [0.2, 0.25) is 0 Å². The monoisotopic (exact) mass is 338 g/mol. The number of hydrogen-bond donors (Lipinski definition) is 0. The first-order chi connectivity index (χ1) is 11.9. The molecule has 3 rings (SSSR count). The van der Waals surface area contributed by atoms with Gasteiger partial charge in [-0.3, -0.25) is 14.9 Å². The third-order valence-electron chi connectivity index (χ3n) is 4.77. The van der Waals surface area contributed by atoms with Gasteiger partial charge in [0.25, 0.3) is 11.6 Å². The second-order valence-corrected chi connectivity index (χ2v) is 6.86. The van der Waals surface area contributed by atoms with E-state index in [1.54, 1.807) is 24.0 Å². The highest BCUT2D eigenvalue weighted by Crippen LogP contribution is 2.31. The van der Waals surface area contributed by atoms with Gasteiger partial charge in [-0.05, 0) is 55.0 Å². The largest absolute Gasteiger partial charge is 0.308 e. The van der Waals surface area contributed by atoms with Crippen LogP contribution in [0, 0.1) is 17.0 Å². The van der Waals surface area contributed by atoms with Crippen molar-refractivity contribution in [3.8, 4) is 0 Å². The Hall–Kier alpha value is -2.69. The molecule has 0 radical (unpaired) electrons. The summed E-state index contributed by atoms with van der Waals surface area (Å²) in [6, 6.07) is 10.9. The quantitative estimate of drug-likeness (QED) is 0.606. The summed E-state index contributed by atoms with van der Waals surface area (Å²) in [6.07, 6.45) is 1.89. The third-order valence-corrected chi connectivity index (χ3v) is 4.77. The first kappa shape index (κ1) is 17.1. The number of nitro groups is 1. The van der Waals surface area contributed by atoms with Crippen LogP contribution in [0.15, 0.2) is 36.4 Å². The number of amides is 1. The minimum absolute atomic E-state index is 0.0390. The average Bonchev–Trinajstić information content (AvgIpc) is 2.59. The summed E-state index contributed by atoms with van der Waals surface area (Å²) in [5.41, 5.74) is 4.46. The van der Waals surface area contributed by atoms with Crippen LogP contribution >= 0.6 is 0 Å². The van der Waals surface area contributed by atoms with Crippen LogP contribution in [0.3, 0.4) is 0 Å². The molecule has 0 fully saturated rings. The highest BCUT2D eigenvalue weighted by Gasteiger charge is 2.25. The first-order valence-electron chi connectivity index (χ1n) is 8.58. The fraction of sp³-hybridized carbons (Fsp3) is 0.350. The number of aryl methyl sites for hydroxylation is 2. The lowest BCUT2D eigenvalue weighted by atomic mass is 9.94. The topological polar surface area (TPSA) is 63.5 Å². The maximum absolute atomic E-state index is 13.0. The van der Waals surface area contributed by atoms with Crippen molar-refractivity contribution in [2.75, 3.05) is 11.4 Å². The highest BCUT2D eigenvalue weighted by molar-refractivity contribution is 6.07. The van der Waals surface area contributed by atoms with E-state index in [9.17, 15) is 14.9 Å². The van der Waals surface area contributed by atoms with Crippen molar-refractivity contribution in [1.29, 1.82) is 0 Å². The molecule has 130 valence electrons. The van der Waals surface area contributed by atoms with Crippen LogP contribution in [0.5, 0.6) is 0 Å². The molecule has 0 unspecified atom stereocenters. The number of rotatable bonds is 3. The molecule has 0 aromatic heterocycles. The summed E-state index contributed by atoms with van der Waals surface area (Å²) in [5, 5.41) is 11.0. The number of nitrogens with zero attached hydrogens (tertiary/aromatic N) is 2. The lowest BCUT2D eigenvalue weighted by molar-refractivity contribution is -0.385. The van der Waals surface area contributed by atoms with Gasteiger partial charge in [0, 0.05) is 29.4 Å². The number of carbonyl (C=O) groups excluding carboxylic acids is 1. The smallest absolute Gasteiger partial charge is 0.272 e. The summed E-state index contributed by atoms with van der Waals surface area (Å²) in [5.74, 6) is 0.352. The van der Waals surface area contributed by atoms with Gasteiger partial charge in [-0.1, -0.05) is 26.0 Å². The Labute approximate surface area is 147 Å². The van der Waals surface area contributed by atoms with E-state index < -0.39 is 4.92 Å². The van der Waals surface area contributed by atoms with Crippen LogP contribution in [0.25, 0.3) is 0 Å². The Bertz CT molecular complexity index is 843. The van der Waals surface area contributed by atoms with Crippen molar-refractivity contribution in [3.05, 3.63) is 68.8 Å². The standard InChI is InChI=1S/C20H22N2O3/c1-13(2)15-6-9-19-16(12-15)5-4-10-21(19)20(23)17-7-8-18(22(24)25)14(3)11-17/h6-9,11-13H,4-5,10H2,1-3H3. The predicted molar refractivity (Wildman–Crippen MR) is 98.4 cm³/mol. The maximum Gasteiger partial charge on any atom is 0.272 e. The first-order valence-corrected chi connectivity index (χ1v) is 8.58. The Morgan fingerprint density at radius 3 is 2.60 bits per heavy atom. The summed E-state index contributed by atoms with van der Waals surface area (Å²) in [7, 11) is 0. The van der Waals surface area contributed by atoms with Crippen molar-refractivity contribution in [3.63, 3.8) is 0 Å². The van der Waals surface area contributed by atoms with Gasteiger partial charge < -0.3 is 4.90 Å². The third kappa shape index (κ3) is 3.27. The van der Waals surface area contributed by atoms with E-state index in [-0.39, 0.29) is 11.6 Å². The van der Waals surface area contributed by atoms with E-state index in [0.717, 1.165) is 18.5 Å². The number of benzene rings is 2. The van der Waals surface area contributed by atoms with Crippen LogP contribution in [0.4, 0.5) is 11.4 Å². The van der Waals surface area contributed by atoms with E-state index in [1.165, 1.54) is 17.2 Å². The van der Waals surface area contributed by atoms with E-state index >= 15 is 0 Å². The summed E-state index contributed by atoms with van der Waals surface area (Å²) < 4.78 is 0. The molecular weight excluding hydrogens is 316 g/mol. The molecule has 1 amide bonds. The molecule has 5 nitrogen and oxygen atoms in total. The molecule has 0 atom stereocenters. The minimum atomic E-state index is -0.423. The summed E-state index contributed by atoms with van der Waals surface area (Å²) in [4.78, 5) is 25.3. The molecule has 0 N–H and O–H groups in total. The molecule has 1 aliphatic rings. The van der Waals surface area contributed by atoms with Crippen LogP contribution in [0.2, 0.25) is 0 Å². The molecule has 2 aromatic rings. The lowest BCUT2D eigenvalue weighted by Gasteiger charge is -2.30. The molecule has 0 spiro atoms. The van der Waals surface area contributed by atoms with Crippen molar-refractivity contribution in [2.45, 2.75) is 39.5 Å². The fourth-order valence-corrected chi connectivity index (χ4v) is 3.34. The van der Waals surface area contributed by atoms with Crippen molar-refractivity contribution < 1.29 is 9.72 Å². The van der Waals surface area contributed by atoms with Crippen LogP contribution in [0.1, 0.15) is 53.2 Å². The van der Waals surface area contributed by atoms with Crippen LogP contribution < -0.4 is 4.90 Å². The van der Waals surface area contributed by atoms with Gasteiger partial charge in [-0.25, -0.2) is 0 Å². The zero-order chi connectivity index (χ0) is 18.1. The molecule has 2 aromatic carbocycles. The van der Waals surface area contributed by atoms with Crippen molar-refractivity contribution >= 4 is 17.3 Å². The summed E-state index contributed by atoms with van der Waals surface area (Å²) >= 11 is 0. The van der Waals surface area contributed by atoms with Crippen LogP contribution in [-0.2, 0) is 6.42 Å². The zero-order valence-corrected chi connectivity index (χ0v) is 14.8. The Morgan fingerprint density at radius 2 is 1.96 bits per heavy atom. The van der Waals surface area contributed by atoms with Crippen LogP contribution in [-0.4, -0.2) is 17.4 Å². The van der Waals surface area contributed by atoms with Gasteiger partial charge in [0.05, 0.1) is 4.92 Å². The molecule has 1 aliphatic heterocycles. The molecule has 25 heavy (non-hydrogen) atoms. The maximum atomic E-state index is 13.0. The normalized spacial score (nSPS) is 13.7. The van der Waals surface area contributed by atoms with Gasteiger partial charge in [0.15, 0.2) is 0 Å². The average molecular weight is 338 g/mol. The highest BCUT2D eigenvalue weighted by atomic mass is 16.6. The molecule has 0 saturated carbocycles. The second-order valence-electron chi connectivity index (χ2n) is 6.86. The van der Waals surface area contributed by atoms with E-state index in [0.29, 0.717) is 23.6 Å². The minimum Gasteiger partial charge on any atom is -0.308 e. The molecule has 5 heteroatoms. The predicted octanol–water partition coefficient (Wildman–Crippen LogP) is 4.62. The van der Waals surface area contributed by atoms with Crippen molar-refractivity contribution in [1.82, 2.24) is 0 Å². The van der Waals surface area contributed by atoms with Gasteiger partial charge in [-0.15, -0.1) is 0 Å². The van der Waals surface area contributed by atoms with Crippen molar-refractivity contribution in [2.24, 2.45) is 0 Å². The molecule has 0 saturated heterocycles. The van der Waals surface area contributed by atoms with Gasteiger partial charge in [-0.2, -0.15) is 0 Å². The fourth-order valence-electron chi connectivity index (χ4n) is 3.34. The Balaban J connectivity index is 1.94. The zero-order valence-electron chi connectivity index (χ0n) is 14.8. The molecular formula is C20H22N2O3. The van der Waals surface area contributed by atoms with E-state index in [4.69, 9.17) is 0 Å². The summed E-state index contributed by atoms with van der Waals surface area (Å²) in [6.45, 7) is 6.65. The SMILES string of the molecule is Cc1cc(C(=O)N2CCCc3cc(C(C)C)ccc32)ccc1[N+](=O)[O-]. The number of anilines is 1. The number of carbonyl (C=O) groups is 1. The molecule has 1 heterocycles. The van der Waals surface area contributed by atoms with Gasteiger partial charge >= 0.3 is 0 Å². The van der Waals surface area contributed by atoms with E-state index in [1.807, 2.05) is 6.07 Å². The molecule has 0 bridgehead atoms. The number of nitro benzene ring substituents is 1. The lowest BCUT2D eigenvalue weighted by Crippen LogP contribution is -2.35. The molecule has 0 aliphatic carbocycles. The number of fused-ring (bicyclic) bond motifs is 1. The Kier molecular flexibility index (Phi) is 4.57. The van der Waals surface area contributed by atoms with Gasteiger partial charge in [0.1, 0.15) is 0 Å². The number of hydrogen-bond acceptors (Lipinski definition) is 3. The van der Waals surface area contributed by atoms with E-state index in [2.05, 4.69) is 26.0 Å².